The van der Waals surface area contributed by atoms with Gasteiger partial charge in [0.05, 0.1) is 0 Å². The molecule has 0 bridgehead atoms. The van der Waals surface area contributed by atoms with E-state index in [0.29, 0.717) is 6.54 Å². The van der Waals surface area contributed by atoms with Crippen LogP contribution in [0.4, 0.5) is 11.6 Å². The molecular formula is C12H16N4. The highest BCUT2D eigenvalue weighted by Crippen LogP contribution is 2.12. The first kappa shape index (κ1) is 10.5. The van der Waals surface area contributed by atoms with Gasteiger partial charge in [-0.1, -0.05) is 18.2 Å². The molecule has 0 aliphatic heterocycles. The van der Waals surface area contributed by atoms with E-state index in [1.165, 1.54) is 0 Å². The van der Waals surface area contributed by atoms with Crippen LogP contribution in [0, 0.1) is 0 Å². The van der Waals surface area contributed by atoms with E-state index in [4.69, 9.17) is 5.73 Å². The average Bonchev–Trinajstić information content (AvgIpc) is 2.75. The van der Waals surface area contributed by atoms with Crippen molar-refractivity contribution in [2.45, 2.75) is 20.0 Å². The molecule has 0 fully saturated rings. The van der Waals surface area contributed by atoms with Gasteiger partial charge in [-0.3, -0.25) is 0 Å². The highest BCUT2D eigenvalue weighted by molar-refractivity contribution is 5.47. The lowest BCUT2D eigenvalue weighted by Gasteiger charge is -2.09. The summed E-state index contributed by atoms with van der Waals surface area (Å²) >= 11 is 0. The molecule has 0 saturated heterocycles. The van der Waals surface area contributed by atoms with Crippen LogP contribution in [0.2, 0.25) is 0 Å². The Labute approximate surface area is 95.1 Å². The van der Waals surface area contributed by atoms with Crippen LogP contribution >= 0.6 is 0 Å². The lowest BCUT2D eigenvalue weighted by molar-refractivity contribution is 0.763. The lowest BCUT2D eigenvalue weighted by atomic mass is 10.2. The molecule has 0 spiro atoms. The van der Waals surface area contributed by atoms with Gasteiger partial charge >= 0.3 is 0 Å². The van der Waals surface area contributed by atoms with Crippen LogP contribution in [0.25, 0.3) is 0 Å². The van der Waals surface area contributed by atoms with Crippen LogP contribution in [0.1, 0.15) is 12.5 Å². The number of nitrogen functional groups attached to an aromatic ring is 1. The summed E-state index contributed by atoms with van der Waals surface area (Å²) in [5.74, 6) is 0.880. The second-order valence-corrected chi connectivity index (χ2v) is 3.59. The molecule has 3 N–H and O–H groups in total. The fraction of sp³-hybridized carbons (Fsp3) is 0.250. The molecule has 1 aromatic carbocycles. The molecule has 0 amide bonds. The third kappa shape index (κ3) is 2.16. The maximum absolute atomic E-state index is 5.86. The third-order valence-corrected chi connectivity index (χ3v) is 2.55. The van der Waals surface area contributed by atoms with Crippen LogP contribution in [-0.4, -0.2) is 9.55 Å². The van der Waals surface area contributed by atoms with Gasteiger partial charge in [0.25, 0.3) is 0 Å². The number of benzene rings is 1. The largest absolute Gasteiger partial charge is 0.398 e. The maximum atomic E-state index is 5.86. The van der Waals surface area contributed by atoms with Gasteiger partial charge in [-0.05, 0) is 18.6 Å². The molecule has 0 atom stereocenters. The van der Waals surface area contributed by atoms with E-state index in [1.54, 1.807) is 6.20 Å². The van der Waals surface area contributed by atoms with Crippen molar-refractivity contribution in [2.75, 3.05) is 11.1 Å². The van der Waals surface area contributed by atoms with Crippen LogP contribution in [0.15, 0.2) is 36.7 Å². The smallest absolute Gasteiger partial charge is 0.203 e. The van der Waals surface area contributed by atoms with E-state index in [0.717, 1.165) is 23.7 Å². The summed E-state index contributed by atoms with van der Waals surface area (Å²) in [7, 11) is 0. The first-order valence-corrected chi connectivity index (χ1v) is 5.39. The van der Waals surface area contributed by atoms with Gasteiger partial charge in [-0.2, -0.15) is 0 Å². The maximum Gasteiger partial charge on any atom is 0.203 e. The Morgan fingerprint density at radius 3 is 2.94 bits per heavy atom. The Morgan fingerprint density at radius 1 is 1.38 bits per heavy atom. The SMILES string of the molecule is CCn1ccnc1NCc1ccccc1N. The van der Waals surface area contributed by atoms with Crippen molar-refractivity contribution in [3.63, 3.8) is 0 Å². The Balaban J connectivity index is 2.05. The summed E-state index contributed by atoms with van der Waals surface area (Å²) in [6.45, 7) is 3.69. The number of aromatic nitrogens is 2. The van der Waals surface area contributed by atoms with Gasteiger partial charge in [0.2, 0.25) is 5.95 Å². The van der Waals surface area contributed by atoms with Crippen LogP contribution < -0.4 is 11.1 Å². The highest BCUT2D eigenvalue weighted by Gasteiger charge is 2.01. The fourth-order valence-corrected chi connectivity index (χ4v) is 1.60. The molecule has 0 aliphatic rings. The first-order valence-electron chi connectivity index (χ1n) is 5.39. The van der Waals surface area contributed by atoms with Crippen molar-refractivity contribution < 1.29 is 0 Å². The quantitative estimate of drug-likeness (QED) is 0.769. The minimum atomic E-state index is 0.698. The molecule has 0 aliphatic carbocycles. The summed E-state index contributed by atoms with van der Waals surface area (Å²) in [4.78, 5) is 4.24. The van der Waals surface area contributed by atoms with E-state index in [1.807, 2.05) is 30.5 Å². The number of hydrogen-bond acceptors (Lipinski definition) is 3. The molecule has 4 nitrogen and oxygen atoms in total. The Hall–Kier alpha value is -1.97. The number of nitrogens with two attached hydrogens (primary N) is 1. The van der Waals surface area contributed by atoms with E-state index >= 15 is 0 Å². The molecule has 84 valence electrons. The molecule has 0 unspecified atom stereocenters. The molecule has 2 rings (SSSR count). The molecule has 16 heavy (non-hydrogen) atoms. The predicted molar refractivity (Wildman–Crippen MR) is 66.1 cm³/mol. The first-order chi connectivity index (χ1) is 7.81. The van der Waals surface area contributed by atoms with Crippen LogP contribution in [0.3, 0.4) is 0 Å². The van der Waals surface area contributed by atoms with E-state index in [2.05, 4.69) is 21.8 Å². The zero-order valence-corrected chi connectivity index (χ0v) is 9.35. The van der Waals surface area contributed by atoms with Gasteiger partial charge < -0.3 is 15.6 Å². The third-order valence-electron chi connectivity index (χ3n) is 2.55. The van der Waals surface area contributed by atoms with Gasteiger partial charge in [-0.15, -0.1) is 0 Å². The topological polar surface area (TPSA) is 55.9 Å². The second kappa shape index (κ2) is 4.70. The Bertz CT molecular complexity index is 462. The Morgan fingerprint density at radius 2 is 2.19 bits per heavy atom. The van der Waals surface area contributed by atoms with Gasteiger partial charge in [-0.25, -0.2) is 4.98 Å². The van der Waals surface area contributed by atoms with E-state index in [-0.39, 0.29) is 0 Å². The normalized spacial score (nSPS) is 10.3. The van der Waals surface area contributed by atoms with Crippen molar-refractivity contribution in [1.82, 2.24) is 9.55 Å². The standard InChI is InChI=1S/C12H16N4/c1-2-16-8-7-14-12(16)15-9-10-5-3-4-6-11(10)13/h3-8H,2,9,13H2,1H3,(H,14,15). The number of rotatable bonds is 4. The van der Waals surface area contributed by atoms with Crippen LogP contribution in [0.5, 0.6) is 0 Å². The van der Waals surface area contributed by atoms with Crippen molar-refractivity contribution in [3.8, 4) is 0 Å². The number of aryl methyl sites for hydroxylation is 1. The summed E-state index contributed by atoms with van der Waals surface area (Å²) in [6.07, 6.45) is 3.75. The van der Waals surface area contributed by atoms with Crippen molar-refractivity contribution in [3.05, 3.63) is 42.2 Å². The lowest BCUT2D eigenvalue weighted by Crippen LogP contribution is -2.07. The molecule has 4 heteroatoms. The average molecular weight is 216 g/mol. The number of para-hydroxylation sites is 1. The molecule has 1 aromatic heterocycles. The zero-order chi connectivity index (χ0) is 11.4. The van der Waals surface area contributed by atoms with Gasteiger partial charge in [0.15, 0.2) is 0 Å². The predicted octanol–water partition coefficient (Wildman–Crippen LogP) is 2.10. The summed E-state index contributed by atoms with van der Waals surface area (Å²) in [5, 5.41) is 3.27. The minimum absolute atomic E-state index is 0.698. The molecule has 2 aromatic rings. The van der Waals surface area contributed by atoms with Crippen LogP contribution in [-0.2, 0) is 13.1 Å². The van der Waals surface area contributed by atoms with Gasteiger partial charge in [0.1, 0.15) is 0 Å². The summed E-state index contributed by atoms with van der Waals surface area (Å²) in [6, 6.07) is 7.84. The molecule has 0 radical (unpaired) electrons. The number of nitrogens with one attached hydrogen (secondary N) is 1. The molecular weight excluding hydrogens is 200 g/mol. The number of anilines is 2. The highest BCUT2D eigenvalue weighted by atomic mass is 15.2. The summed E-state index contributed by atoms with van der Waals surface area (Å²) in [5.41, 5.74) is 7.76. The van der Waals surface area contributed by atoms with Crippen molar-refractivity contribution in [1.29, 1.82) is 0 Å². The minimum Gasteiger partial charge on any atom is -0.398 e. The number of imidazole rings is 1. The van der Waals surface area contributed by atoms with Crippen molar-refractivity contribution in [2.24, 2.45) is 0 Å². The number of nitrogens with zero attached hydrogens (tertiary/aromatic N) is 2. The monoisotopic (exact) mass is 216 g/mol. The van der Waals surface area contributed by atoms with E-state index in [9.17, 15) is 0 Å². The zero-order valence-electron chi connectivity index (χ0n) is 9.35. The number of hydrogen-bond donors (Lipinski definition) is 2. The van der Waals surface area contributed by atoms with Crippen molar-refractivity contribution >= 4 is 11.6 Å². The Kier molecular flexibility index (Phi) is 3.10. The molecule has 1 heterocycles. The second-order valence-electron chi connectivity index (χ2n) is 3.59. The fourth-order valence-electron chi connectivity index (χ4n) is 1.60. The summed E-state index contributed by atoms with van der Waals surface area (Å²) < 4.78 is 2.05. The molecule has 0 saturated carbocycles. The van der Waals surface area contributed by atoms with E-state index < -0.39 is 0 Å². The van der Waals surface area contributed by atoms with Gasteiger partial charge in [0, 0.05) is 31.2 Å².